The van der Waals surface area contributed by atoms with Crippen molar-refractivity contribution in [1.82, 2.24) is 0 Å². The zero-order chi connectivity index (χ0) is 8.55. The van der Waals surface area contributed by atoms with Crippen LogP contribution in [0.25, 0.3) is 0 Å². The lowest BCUT2D eigenvalue weighted by atomic mass is 10.0. The van der Waals surface area contributed by atoms with E-state index in [1.165, 1.54) is 5.56 Å². The van der Waals surface area contributed by atoms with Crippen molar-refractivity contribution in [2.45, 2.75) is 25.9 Å². The highest BCUT2D eigenvalue weighted by Crippen LogP contribution is 2.37. The fourth-order valence-corrected chi connectivity index (χ4v) is 2.02. The van der Waals surface area contributed by atoms with Gasteiger partial charge in [0.05, 0.1) is 6.10 Å². The van der Waals surface area contributed by atoms with Gasteiger partial charge in [0.1, 0.15) is 0 Å². The molecule has 0 heterocycles. The first-order valence-electron chi connectivity index (χ1n) is 4.58. The summed E-state index contributed by atoms with van der Waals surface area (Å²) in [7, 11) is 0. The Morgan fingerprint density at radius 3 is 2.83 bits per heavy atom. The third-order valence-corrected chi connectivity index (χ3v) is 2.83. The average Bonchev–Trinajstić information content (AvgIpc) is 2.44. The van der Waals surface area contributed by atoms with Crippen LogP contribution in [0, 0.1) is 5.92 Å². The normalized spacial score (nSPS) is 27.2. The number of fused-ring (bicyclic) bond motifs is 1. The van der Waals surface area contributed by atoms with E-state index in [1.54, 1.807) is 0 Å². The van der Waals surface area contributed by atoms with Gasteiger partial charge in [0.25, 0.3) is 0 Å². The van der Waals surface area contributed by atoms with Crippen molar-refractivity contribution in [3.05, 3.63) is 35.4 Å². The molecule has 0 unspecified atom stereocenters. The summed E-state index contributed by atoms with van der Waals surface area (Å²) in [6.07, 6.45) is 1.90. The van der Waals surface area contributed by atoms with E-state index in [1.807, 2.05) is 18.2 Å². The van der Waals surface area contributed by atoms with Gasteiger partial charge in [-0.25, -0.2) is 0 Å². The second-order valence-electron chi connectivity index (χ2n) is 3.52. The number of rotatable bonds is 1. The smallest absolute Gasteiger partial charge is 0.0823 e. The number of aliphatic hydroxyl groups is 1. The first kappa shape index (κ1) is 7.81. The maximum atomic E-state index is 9.84. The van der Waals surface area contributed by atoms with Crippen molar-refractivity contribution < 1.29 is 5.11 Å². The second-order valence-corrected chi connectivity index (χ2v) is 3.52. The quantitative estimate of drug-likeness (QED) is 0.671. The van der Waals surface area contributed by atoms with Crippen LogP contribution in [0.5, 0.6) is 0 Å². The van der Waals surface area contributed by atoms with Crippen molar-refractivity contribution in [3.63, 3.8) is 0 Å². The number of hydrogen-bond acceptors (Lipinski definition) is 1. The van der Waals surface area contributed by atoms with Gasteiger partial charge in [0, 0.05) is 0 Å². The summed E-state index contributed by atoms with van der Waals surface area (Å²) in [5.74, 6) is 0.447. The molecule has 1 nitrogen and oxygen atoms in total. The topological polar surface area (TPSA) is 20.2 Å². The van der Waals surface area contributed by atoms with E-state index in [-0.39, 0.29) is 6.10 Å². The Labute approximate surface area is 73.0 Å². The van der Waals surface area contributed by atoms with E-state index in [2.05, 4.69) is 13.0 Å². The van der Waals surface area contributed by atoms with Gasteiger partial charge in [-0.3, -0.25) is 0 Å². The highest BCUT2D eigenvalue weighted by atomic mass is 16.3. The molecule has 64 valence electrons. The van der Waals surface area contributed by atoms with Gasteiger partial charge in [-0.2, -0.15) is 0 Å². The Morgan fingerprint density at radius 2 is 2.17 bits per heavy atom. The number of hydrogen-bond donors (Lipinski definition) is 1. The molecule has 1 heteroatoms. The summed E-state index contributed by atoms with van der Waals surface area (Å²) in [5, 5.41) is 9.84. The number of aliphatic hydroxyl groups excluding tert-OH is 1. The van der Waals surface area contributed by atoms with Gasteiger partial charge in [0.15, 0.2) is 0 Å². The molecule has 0 aromatic heterocycles. The third kappa shape index (κ3) is 1.05. The van der Waals surface area contributed by atoms with Gasteiger partial charge < -0.3 is 5.11 Å². The zero-order valence-electron chi connectivity index (χ0n) is 7.33. The lowest BCUT2D eigenvalue weighted by molar-refractivity contribution is 0.121. The number of benzene rings is 1. The SMILES string of the molecule is CC[C@@H]1Cc2ccccc2[C@H]1O. The van der Waals surface area contributed by atoms with Crippen LogP contribution in [-0.4, -0.2) is 5.11 Å². The molecule has 0 bridgehead atoms. The van der Waals surface area contributed by atoms with Crippen LogP contribution in [0.1, 0.15) is 30.6 Å². The fraction of sp³-hybridized carbons (Fsp3) is 0.455. The van der Waals surface area contributed by atoms with E-state index >= 15 is 0 Å². The lowest BCUT2D eigenvalue weighted by Crippen LogP contribution is -2.04. The summed E-state index contributed by atoms with van der Waals surface area (Å²) >= 11 is 0. The van der Waals surface area contributed by atoms with Crippen LogP contribution in [0.2, 0.25) is 0 Å². The first-order chi connectivity index (χ1) is 5.83. The summed E-state index contributed by atoms with van der Waals surface area (Å²) in [6.45, 7) is 2.14. The lowest BCUT2D eigenvalue weighted by Gasteiger charge is -2.11. The van der Waals surface area contributed by atoms with Crippen LogP contribution in [0.15, 0.2) is 24.3 Å². The molecule has 2 atom stereocenters. The molecule has 0 radical (unpaired) electrons. The van der Waals surface area contributed by atoms with Gasteiger partial charge in [-0.05, 0) is 23.5 Å². The Hall–Kier alpha value is -0.820. The van der Waals surface area contributed by atoms with Crippen LogP contribution in [0.4, 0.5) is 0 Å². The predicted molar refractivity (Wildman–Crippen MR) is 48.9 cm³/mol. The Bertz CT molecular complexity index is 280. The first-order valence-corrected chi connectivity index (χ1v) is 4.58. The van der Waals surface area contributed by atoms with Gasteiger partial charge in [-0.1, -0.05) is 37.6 Å². The molecule has 0 amide bonds. The van der Waals surface area contributed by atoms with Crippen LogP contribution in [-0.2, 0) is 6.42 Å². The van der Waals surface area contributed by atoms with Gasteiger partial charge >= 0.3 is 0 Å². The van der Waals surface area contributed by atoms with Crippen LogP contribution in [0.3, 0.4) is 0 Å². The average molecular weight is 162 g/mol. The largest absolute Gasteiger partial charge is 0.388 e. The minimum atomic E-state index is -0.216. The Kier molecular flexibility index (Phi) is 1.89. The van der Waals surface area contributed by atoms with E-state index in [9.17, 15) is 5.11 Å². The zero-order valence-corrected chi connectivity index (χ0v) is 7.33. The molecule has 0 saturated carbocycles. The standard InChI is InChI=1S/C11H14O/c1-2-8-7-9-5-3-4-6-10(9)11(8)12/h3-6,8,11-12H,2,7H2,1H3/t8-,11+/m1/s1. The fourth-order valence-electron chi connectivity index (χ4n) is 2.02. The molecular formula is C11H14O. The van der Waals surface area contributed by atoms with E-state index in [0.29, 0.717) is 5.92 Å². The van der Waals surface area contributed by atoms with Crippen molar-refractivity contribution in [1.29, 1.82) is 0 Å². The molecule has 0 saturated heterocycles. The summed E-state index contributed by atoms with van der Waals surface area (Å²) in [6, 6.07) is 8.20. The summed E-state index contributed by atoms with van der Waals surface area (Å²) < 4.78 is 0. The highest BCUT2D eigenvalue weighted by Gasteiger charge is 2.28. The van der Waals surface area contributed by atoms with Gasteiger partial charge in [0.2, 0.25) is 0 Å². The molecule has 12 heavy (non-hydrogen) atoms. The molecule has 1 aromatic rings. The summed E-state index contributed by atoms with van der Waals surface area (Å²) in [4.78, 5) is 0. The molecule has 1 N–H and O–H groups in total. The Balaban J connectivity index is 2.35. The predicted octanol–water partition coefficient (Wildman–Crippen LogP) is 2.30. The third-order valence-electron chi connectivity index (χ3n) is 2.83. The maximum Gasteiger partial charge on any atom is 0.0823 e. The van der Waals surface area contributed by atoms with E-state index in [4.69, 9.17) is 0 Å². The van der Waals surface area contributed by atoms with Crippen molar-refractivity contribution >= 4 is 0 Å². The molecule has 1 aromatic carbocycles. The minimum Gasteiger partial charge on any atom is -0.388 e. The van der Waals surface area contributed by atoms with Crippen LogP contribution >= 0.6 is 0 Å². The summed E-state index contributed by atoms with van der Waals surface area (Å²) in [5.41, 5.74) is 2.47. The molecule has 1 aliphatic rings. The van der Waals surface area contributed by atoms with E-state index < -0.39 is 0 Å². The molecule has 2 rings (SSSR count). The van der Waals surface area contributed by atoms with Crippen LogP contribution < -0.4 is 0 Å². The van der Waals surface area contributed by atoms with E-state index in [0.717, 1.165) is 18.4 Å². The van der Waals surface area contributed by atoms with Crippen molar-refractivity contribution in [2.24, 2.45) is 5.92 Å². The van der Waals surface area contributed by atoms with Gasteiger partial charge in [-0.15, -0.1) is 0 Å². The minimum absolute atomic E-state index is 0.216. The molecular weight excluding hydrogens is 148 g/mol. The molecule has 0 fully saturated rings. The monoisotopic (exact) mass is 162 g/mol. The maximum absolute atomic E-state index is 9.84. The molecule has 0 aliphatic heterocycles. The van der Waals surface area contributed by atoms with Crippen molar-refractivity contribution in [3.8, 4) is 0 Å². The molecule has 0 spiro atoms. The molecule has 1 aliphatic carbocycles. The highest BCUT2D eigenvalue weighted by molar-refractivity contribution is 5.34. The Morgan fingerprint density at radius 1 is 1.42 bits per heavy atom. The van der Waals surface area contributed by atoms with Crippen molar-refractivity contribution in [2.75, 3.05) is 0 Å². The second kappa shape index (κ2) is 2.91.